The predicted octanol–water partition coefficient (Wildman–Crippen LogP) is 3.46. The van der Waals surface area contributed by atoms with Crippen LogP contribution in [0.2, 0.25) is 0 Å². The molecule has 2 aromatic carbocycles. The normalized spacial score (nSPS) is 15.5. The standard InChI is InChI=1S/C20H17NO/c22-20(17-11-13-21-14-12-17)18-7-3-1-5-15(18)9-10-16-6-2-4-8-19(16)20/h1-8,11-14,22H,9-10H2. The van der Waals surface area contributed by atoms with E-state index in [-0.39, 0.29) is 0 Å². The van der Waals surface area contributed by atoms with Crippen molar-refractivity contribution in [2.45, 2.75) is 18.4 Å². The van der Waals surface area contributed by atoms with Crippen molar-refractivity contribution in [3.8, 4) is 0 Å². The van der Waals surface area contributed by atoms with Gasteiger partial charge in [-0.2, -0.15) is 0 Å². The van der Waals surface area contributed by atoms with Crippen LogP contribution in [0.4, 0.5) is 0 Å². The van der Waals surface area contributed by atoms with Gasteiger partial charge in [0.15, 0.2) is 0 Å². The number of fused-ring (bicyclic) bond motifs is 2. The lowest BCUT2D eigenvalue weighted by Crippen LogP contribution is -2.30. The lowest BCUT2D eigenvalue weighted by molar-refractivity contribution is 0.125. The molecule has 0 fully saturated rings. The SMILES string of the molecule is OC1(c2ccncc2)c2ccccc2CCc2ccccc21. The molecule has 4 rings (SSSR count). The highest BCUT2D eigenvalue weighted by atomic mass is 16.3. The zero-order valence-corrected chi connectivity index (χ0v) is 12.2. The molecule has 0 aliphatic heterocycles. The van der Waals surface area contributed by atoms with E-state index in [1.165, 1.54) is 11.1 Å². The molecule has 1 N–H and O–H groups in total. The van der Waals surface area contributed by atoms with Gasteiger partial charge in [-0.15, -0.1) is 0 Å². The van der Waals surface area contributed by atoms with Gasteiger partial charge in [0.05, 0.1) is 0 Å². The van der Waals surface area contributed by atoms with E-state index in [1.54, 1.807) is 12.4 Å². The summed E-state index contributed by atoms with van der Waals surface area (Å²) in [5, 5.41) is 11.8. The average Bonchev–Trinajstić information content (AvgIpc) is 2.73. The quantitative estimate of drug-likeness (QED) is 0.743. The average molecular weight is 287 g/mol. The summed E-state index contributed by atoms with van der Waals surface area (Å²) in [5.74, 6) is 0. The Hall–Kier alpha value is -2.45. The first-order valence-electron chi connectivity index (χ1n) is 7.60. The summed E-state index contributed by atoms with van der Waals surface area (Å²) in [6.45, 7) is 0. The van der Waals surface area contributed by atoms with Gasteiger partial charge < -0.3 is 5.11 Å². The van der Waals surface area contributed by atoms with Crippen molar-refractivity contribution >= 4 is 0 Å². The van der Waals surface area contributed by atoms with Crippen LogP contribution in [0.5, 0.6) is 0 Å². The molecule has 0 spiro atoms. The number of aromatic nitrogens is 1. The van der Waals surface area contributed by atoms with Crippen LogP contribution >= 0.6 is 0 Å². The van der Waals surface area contributed by atoms with Crippen LogP contribution in [0, 0.1) is 0 Å². The van der Waals surface area contributed by atoms with E-state index < -0.39 is 5.60 Å². The van der Waals surface area contributed by atoms with Crippen LogP contribution in [0.15, 0.2) is 73.1 Å². The monoisotopic (exact) mass is 287 g/mol. The molecule has 0 radical (unpaired) electrons. The fourth-order valence-corrected chi connectivity index (χ4v) is 3.50. The van der Waals surface area contributed by atoms with Gasteiger partial charge in [-0.05, 0) is 52.8 Å². The highest BCUT2D eigenvalue weighted by Crippen LogP contribution is 2.42. The zero-order valence-electron chi connectivity index (χ0n) is 12.2. The molecule has 2 nitrogen and oxygen atoms in total. The maximum Gasteiger partial charge on any atom is 0.141 e. The molecule has 1 aliphatic carbocycles. The molecule has 1 aromatic heterocycles. The van der Waals surface area contributed by atoms with Gasteiger partial charge in [-0.3, -0.25) is 4.98 Å². The lowest BCUT2D eigenvalue weighted by Gasteiger charge is -2.31. The maximum atomic E-state index is 11.8. The van der Waals surface area contributed by atoms with E-state index >= 15 is 0 Å². The molecule has 0 saturated heterocycles. The molecule has 1 heterocycles. The summed E-state index contributed by atoms with van der Waals surface area (Å²) in [6.07, 6.45) is 5.37. The summed E-state index contributed by atoms with van der Waals surface area (Å²) in [7, 11) is 0. The topological polar surface area (TPSA) is 33.1 Å². The van der Waals surface area contributed by atoms with Gasteiger partial charge >= 0.3 is 0 Å². The van der Waals surface area contributed by atoms with Crippen molar-refractivity contribution < 1.29 is 5.11 Å². The Balaban J connectivity index is 2.08. The van der Waals surface area contributed by atoms with Gasteiger partial charge in [0.2, 0.25) is 0 Å². The first-order chi connectivity index (χ1) is 10.8. The van der Waals surface area contributed by atoms with E-state index in [0.29, 0.717) is 0 Å². The first kappa shape index (κ1) is 13.2. The largest absolute Gasteiger partial charge is 0.376 e. The first-order valence-corrected chi connectivity index (χ1v) is 7.60. The molecule has 0 bridgehead atoms. The second-order valence-corrected chi connectivity index (χ2v) is 5.76. The van der Waals surface area contributed by atoms with Crippen molar-refractivity contribution in [3.63, 3.8) is 0 Å². The number of hydrogen-bond acceptors (Lipinski definition) is 2. The van der Waals surface area contributed by atoms with Crippen LogP contribution in [-0.2, 0) is 18.4 Å². The third-order valence-electron chi connectivity index (χ3n) is 4.58. The molecule has 0 atom stereocenters. The molecular weight excluding hydrogens is 270 g/mol. The van der Waals surface area contributed by atoms with Crippen LogP contribution in [0.25, 0.3) is 0 Å². The Morgan fingerprint density at radius 3 is 1.77 bits per heavy atom. The van der Waals surface area contributed by atoms with Crippen molar-refractivity contribution in [1.29, 1.82) is 0 Å². The Morgan fingerprint density at radius 1 is 0.727 bits per heavy atom. The van der Waals surface area contributed by atoms with E-state index in [2.05, 4.69) is 17.1 Å². The third kappa shape index (κ3) is 1.88. The predicted molar refractivity (Wildman–Crippen MR) is 86.6 cm³/mol. The zero-order chi connectivity index (χ0) is 15.0. The Morgan fingerprint density at radius 2 is 1.23 bits per heavy atom. The molecular formula is C20H17NO. The van der Waals surface area contributed by atoms with Crippen molar-refractivity contribution in [2.24, 2.45) is 0 Å². The minimum atomic E-state index is -1.12. The summed E-state index contributed by atoms with van der Waals surface area (Å²) >= 11 is 0. The number of aryl methyl sites for hydroxylation is 2. The Bertz CT molecular complexity index is 763. The van der Waals surface area contributed by atoms with Crippen LogP contribution in [0.3, 0.4) is 0 Å². The Labute approximate surface area is 130 Å². The number of hydrogen-bond donors (Lipinski definition) is 1. The number of aliphatic hydroxyl groups is 1. The van der Waals surface area contributed by atoms with Gasteiger partial charge in [-0.1, -0.05) is 48.5 Å². The molecule has 1 aliphatic rings. The second-order valence-electron chi connectivity index (χ2n) is 5.76. The van der Waals surface area contributed by atoms with Crippen LogP contribution in [-0.4, -0.2) is 10.1 Å². The summed E-state index contributed by atoms with van der Waals surface area (Å²) in [5.41, 5.74) is 4.12. The Kier molecular flexibility index (Phi) is 3.05. The van der Waals surface area contributed by atoms with Gasteiger partial charge in [0, 0.05) is 12.4 Å². The van der Waals surface area contributed by atoms with E-state index in [0.717, 1.165) is 29.5 Å². The van der Waals surface area contributed by atoms with Crippen LogP contribution in [0.1, 0.15) is 27.8 Å². The van der Waals surface area contributed by atoms with E-state index in [1.807, 2.05) is 48.5 Å². The van der Waals surface area contributed by atoms with Gasteiger partial charge in [-0.25, -0.2) is 0 Å². The van der Waals surface area contributed by atoms with Crippen molar-refractivity contribution in [3.05, 3.63) is 101 Å². The van der Waals surface area contributed by atoms with E-state index in [4.69, 9.17) is 0 Å². The highest BCUT2D eigenvalue weighted by Gasteiger charge is 2.38. The van der Waals surface area contributed by atoms with Crippen molar-refractivity contribution in [2.75, 3.05) is 0 Å². The van der Waals surface area contributed by atoms with Gasteiger partial charge in [0.25, 0.3) is 0 Å². The fraction of sp³-hybridized carbons (Fsp3) is 0.150. The molecule has 0 amide bonds. The molecule has 0 unspecified atom stereocenters. The molecule has 108 valence electrons. The fourth-order valence-electron chi connectivity index (χ4n) is 3.50. The maximum absolute atomic E-state index is 11.8. The number of rotatable bonds is 1. The molecule has 2 heteroatoms. The minimum absolute atomic E-state index is 0.865. The van der Waals surface area contributed by atoms with Crippen molar-refractivity contribution in [1.82, 2.24) is 4.98 Å². The summed E-state index contributed by atoms with van der Waals surface area (Å²) < 4.78 is 0. The number of nitrogens with zero attached hydrogens (tertiary/aromatic N) is 1. The van der Waals surface area contributed by atoms with E-state index in [9.17, 15) is 5.11 Å². The number of benzene rings is 2. The van der Waals surface area contributed by atoms with Gasteiger partial charge in [0.1, 0.15) is 5.60 Å². The molecule has 22 heavy (non-hydrogen) atoms. The third-order valence-corrected chi connectivity index (χ3v) is 4.58. The van der Waals surface area contributed by atoms with Crippen LogP contribution < -0.4 is 0 Å². The summed E-state index contributed by atoms with van der Waals surface area (Å²) in [6, 6.07) is 20.2. The minimum Gasteiger partial charge on any atom is -0.376 e. The molecule has 0 saturated carbocycles. The highest BCUT2D eigenvalue weighted by molar-refractivity contribution is 5.54. The lowest BCUT2D eigenvalue weighted by atomic mass is 9.78. The summed E-state index contributed by atoms with van der Waals surface area (Å²) in [4.78, 5) is 4.10. The smallest absolute Gasteiger partial charge is 0.141 e. The molecule has 3 aromatic rings. The second kappa shape index (κ2) is 5.08. The number of pyridine rings is 1.